The van der Waals surface area contributed by atoms with Crippen LogP contribution in [-0.2, 0) is 0 Å². The van der Waals surface area contributed by atoms with E-state index in [1.54, 1.807) is 27.5 Å². The number of nitrogens with zero attached hydrogens (tertiary/aromatic N) is 3. The quantitative estimate of drug-likeness (QED) is 0.519. The first kappa shape index (κ1) is 16.3. The van der Waals surface area contributed by atoms with E-state index < -0.39 is 0 Å². The van der Waals surface area contributed by atoms with Crippen LogP contribution in [0.2, 0.25) is 0 Å². The average molecular weight is 343 g/mol. The van der Waals surface area contributed by atoms with Crippen LogP contribution < -0.4 is 14.2 Å². The third kappa shape index (κ3) is 3.07. The van der Waals surface area contributed by atoms with Gasteiger partial charge in [-0.3, -0.25) is 0 Å². The van der Waals surface area contributed by atoms with Crippen molar-refractivity contribution < 1.29 is 14.2 Å². The van der Waals surface area contributed by atoms with E-state index in [1.807, 2.05) is 30.5 Å². The highest BCUT2D eigenvalue weighted by atomic mass is 32.2. The Bertz CT molecular complexity index is 864. The molecule has 0 saturated carbocycles. The van der Waals surface area contributed by atoms with E-state index in [2.05, 4.69) is 15.0 Å². The number of fused-ring (bicyclic) bond motifs is 1. The Kier molecular flexibility index (Phi) is 4.71. The zero-order valence-corrected chi connectivity index (χ0v) is 14.7. The zero-order valence-electron chi connectivity index (χ0n) is 13.9. The third-order valence-electron chi connectivity index (χ3n) is 3.53. The minimum atomic E-state index is 0.460. The van der Waals surface area contributed by atoms with Gasteiger partial charge in [-0.25, -0.2) is 15.0 Å². The first-order valence-electron chi connectivity index (χ1n) is 7.17. The zero-order chi connectivity index (χ0) is 17.1. The molecule has 0 aliphatic carbocycles. The van der Waals surface area contributed by atoms with Gasteiger partial charge in [-0.15, -0.1) is 0 Å². The lowest BCUT2D eigenvalue weighted by Crippen LogP contribution is -1.97. The molecule has 7 heteroatoms. The summed E-state index contributed by atoms with van der Waals surface area (Å²) in [6.07, 6.45) is 3.71. The van der Waals surface area contributed by atoms with Crippen molar-refractivity contribution >= 4 is 22.7 Å². The average Bonchev–Trinajstić information content (AvgIpc) is 2.65. The largest absolute Gasteiger partial charge is 0.497 e. The molecule has 24 heavy (non-hydrogen) atoms. The molecule has 0 amide bonds. The predicted molar refractivity (Wildman–Crippen MR) is 94.2 cm³/mol. The number of pyridine rings is 1. The minimum absolute atomic E-state index is 0.460. The van der Waals surface area contributed by atoms with Crippen LogP contribution in [0.15, 0.2) is 35.6 Å². The predicted octanol–water partition coefficient (Wildman–Crippen LogP) is 3.44. The van der Waals surface area contributed by atoms with E-state index >= 15 is 0 Å². The molecule has 0 saturated heterocycles. The summed E-state index contributed by atoms with van der Waals surface area (Å²) in [5, 5.41) is 1.54. The third-order valence-corrected chi connectivity index (χ3v) is 4.10. The molecule has 1 aromatic carbocycles. The van der Waals surface area contributed by atoms with Crippen LogP contribution in [0.5, 0.6) is 17.4 Å². The number of methoxy groups -OCH3 is 3. The van der Waals surface area contributed by atoms with Gasteiger partial charge in [-0.1, -0.05) is 11.8 Å². The van der Waals surface area contributed by atoms with Crippen LogP contribution in [0.3, 0.4) is 0 Å². The van der Waals surface area contributed by atoms with Gasteiger partial charge in [0, 0.05) is 23.2 Å². The van der Waals surface area contributed by atoms with E-state index in [9.17, 15) is 0 Å². The normalized spacial score (nSPS) is 10.7. The Hall–Kier alpha value is -2.54. The van der Waals surface area contributed by atoms with Crippen LogP contribution in [-0.4, -0.2) is 42.5 Å². The molecule has 124 valence electrons. The molecule has 0 unspecified atom stereocenters. The van der Waals surface area contributed by atoms with Crippen molar-refractivity contribution in [2.45, 2.75) is 5.16 Å². The fourth-order valence-electron chi connectivity index (χ4n) is 2.34. The molecule has 0 bridgehead atoms. The second-order valence-corrected chi connectivity index (χ2v) is 5.69. The highest BCUT2D eigenvalue weighted by Crippen LogP contribution is 2.32. The van der Waals surface area contributed by atoms with E-state index in [0.29, 0.717) is 28.1 Å². The van der Waals surface area contributed by atoms with Crippen LogP contribution >= 0.6 is 11.8 Å². The molecular formula is C17H17N3O3S. The summed E-state index contributed by atoms with van der Waals surface area (Å²) in [5.41, 5.74) is 2.29. The van der Waals surface area contributed by atoms with Crippen molar-refractivity contribution in [1.82, 2.24) is 15.0 Å². The Morgan fingerprint density at radius 2 is 1.58 bits per heavy atom. The van der Waals surface area contributed by atoms with Gasteiger partial charge in [-0.2, -0.15) is 0 Å². The van der Waals surface area contributed by atoms with Gasteiger partial charge in [0.05, 0.1) is 27.0 Å². The van der Waals surface area contributed by atoms with Crippen molar-refractivity contribution in [3.63, 3.8) is 0 Å². The highest BCUT2D eigenvalue weighted by Gasteiger charge is 2.13. The van der Waals surface area contributed by atoms with E-state index in [0.717, 1.165) is 16.6 Å². The van der Waals surface area contributed by atoms with Gasteiger partial charge >= 0.3 is 0 Å². The van der Waals surface area contributed by atoms with Crippen LogP contribution in [0.25, 0.3) is 22.2 Å². The molecule has 0 N–H and O–H groups in total. The van der Waals surface area contributed by atoms with Crippen molar-refractivity contribution in [3.8, 4) is 28.6 Å². The number of benzene rings is 1. The molecule has 6 nitrogen and oxygen atoms in total. The van der Waals surface area contributed by atoms with Crippen LogP contribution in [0.4, 0.5) is 0 Å². The van der Waals surface area contributed by atoms with Crippen molar-refractivity contribution in [2.24, 2.45) is 0 Å². The number of rotatable bonds is 5. The summed E-state index contributed by atoms with van der Waals surface area (Å²) in [6, 6.07) is 7.53. The standard InChI is InChI=1S/C17H17N3O3S/c1-21-12-5-10(6-13(8-12)22-2)14-7-11-9-18-17(24-4)20-15(11)16(19-14)23-3/h5-9H,1-4H3. The summed E-state index contributed by atoms with van der Waals surface area (Å²) < 4.78 is 16.1. The number of aromatic nitrogens is 3. The van der Waals surface area contributed by atoms with E-state index in [-0.39, 0.29) is 0 Å². The second-order valence-electron chi connectivity index (χ2n) is 4.91. The first-order chi connectivity index (χ1) is 11.7. The van der Waals surface area contributed by atoms with E-state index in [4.69, 9.17) is 14.2 Å². The number of hydrogen-bond acceptors (Lipinski definition) is 7. The monoisotopic (exact) mass is 343 g/mol. The molecule has 3 aromatic rings. The summed E-state index contributed by atoms with van der Waals surface area (Å²) in [6.45, 7) is 0. The lowest BCUT2D eigenvalue weighted by molar-refractivity contribution is 0.394. The number of ether oxygens (including phenoxy) is 3. The minimum Gasteiger partial charge on any atom is -0.497 e. The van der Waals surface area contributed by atoms with Gasteiger partial charge in [0.15, 0.2) is 5.16 Å². The maximum absolute atomic E-state index is 5.43. The van der Waals surface area contributed by atoms with Gasteiger partial charge in [0.25, 0.3) is 0 Å². The Morgan fingerprint density at radius 1 is 0.875 bits per heavy atom. The summed E-state index contributed by atoms with van der Waals surface area (Å²) in [4.78, 5) is 13.4. The highest BCUT2D eigenvalue weighted by molar-refractivity contribution is 7.98. The van der Waals surface area contributed by atoms with Gasteiger partial charge < -0.3 is 14.2 Å². The topological polar surface area (TPSA) is 66.4 Å². The second kappa shape index (κ2) is 6.92. The molecule has 0 atom stereocenters. The van der Waals surface area contributed by atoms with Crippen LogP contribution in [0, 0.1) is 0 Å². The SMILES string of the molecule is COc1cc(OC)cc(-c2cc3cnc(SC)nc3c(OC)n2)c1. The van der Waals surface area contributed by atoms with Crippen molar-refractivity contribution in [2.75, 3.05) is 27.6 Å². The lowest BCUT2D eigenvalue weighted by atomic mass is 10.1. The Morgan fingerprint density at radius 3 is 2.17 bits per heavy atom. The lowest BCUT2D eigenvalue weighted by Gasteiger charge is -2.11. The maximum Gasteiger partial charge on any atom is 0.241 e. The van der Waals surface area contributed by atoms with Gasteiger partial charge in [0.2, 0.25) is 5.88 Å². The summed E-state index contributed by atoms with van der Waals surface area (Å²) in [5.74, 6) is 1.85. The molecule has 0 aliphatic rings. The van der Waals surface area contributed by atoms with Gasteiger partial charge in [0.1, 0.15) is 17.0 Å². The molecule has 3 rings (SSSR count). The molecule has 0 radical (unpaired) electrons. The summed E-state index contributed by atoms with van der Waals surface area (Å²) >= 11 is 1.47. The smallest absolute Gasteiger partial charge is 0.241 e. The molecule has 0 spiro atoms. The fraction of sp³-hybridized carbons (Fsp3) is 0.235. The fourth-order valence-corrected chi connectivity index (χ4v) is 2.68. The summed E-state index contributed by atoms with van der Waals surface area (Å²) in [7, 11) is 4.81. The number of thioether (sulfide) groups is 1. The van der Waals surface area contributed by atoms with Crippen molar-refractivity contribution in [3.05, 3.63) is 30.5 Å². The number of hydrogen-bond donors (Lipinski definition) is 0. The van der Waals surface area contributed by atoms with Crippen LogP contribution in [0.1, 0.15) is 0 Å². The van der Waals surface area contributed by atoms with Gasteiger partial charge in [-0.05, 0) is 24.5 Å². The molecule has 0 aliphatic heterocycles. The molecule has 2 heterocycles. The Balaban J connectivity index is 2.20. The maximum atomic E-state index is 5.43. The first-order valence-corrected chi connectivity index (χ1v) is 8.40. The van der Waals surface area contributed by atoms with Crippen molar-refractivity contribution in [1.29, 1.82) is 0 Å². The molecule has 2 aromatic heterocycles. The molecular weight excluding hydrogens is 326 g/mol. The molecule has 0 fully saturated rings. The Labute approximate surface area is 144 Å². The van der Waals surface area contributed by atoms with E-state index in [1.165, 1.54) is 11.8 Å².